The van der Waals surface area contributed by atoms with Crippen LogP contribution >= 0.6 is 0 Å². The third-order valence-electron chi connectivity index (χ3n) is 2.31. The fraction of sp³-hybridized carbons (Fsp3) is 0.500. The lowest BCUT2D eigenvalue weighted by Crippen LogP contribution is -2.24. The average molecular weight is 192 g/mol. The summed E-state index contributed by atoms with van der Waals surface area (Å²) in [5, 5.41) is 6.49. The maximum Gasteiger partial charge on any atom is 0.0206 e. The zero-order valence-corrected chi connectivity index (χ0v) is 9.14. The van der Waals surface area contributed by atoms with Crippen molar-refractivity contribution in [2.75, 3.05) is 20.1 Å². The van der Waals surface area contributed by atoms with Crippen LogP contribution in [0.25, 0.3) is 0 Å². The Morgan fingerprint density at radius 1 is 1.00 bits per heavy atom. The Hall–Kier alpha value is -0.860. The molecule has 0 aliphatic rings. The molecular weight excluding hydrogens is 172 g/mol. The van der Waals surface area contributed by atoms with Crippen molar-refractivity contribution in [3.8, 4) is 0 Å². The third kappa shape index (κ3) is 3.90. The third-order valence-corrected chi connectivity index (χ3v) is 2.31. The minimum atomic E-state index is 0.964. The maximum absolute atomic E-state index is 3.38. The molecule has 0 aliphatic heterocycles. The van der Waals surface area contributed by atoms with Crippen LogP contribution in [0.4, 0.5) is 0 Å². The Bertz CT molecular complexity index is 241. The maximum atomic E-state index is 3.38. The van der Waals surface area contributed by atoms with Gasteiger partial charge < -0.3 is 10.6 Å². The molecule has 1 aromatic carbocycles. The lowest BCUT2D eigenvalue weighted by atomic mass is 10.1. The molecule has 2 nitrogen and oxygen atoms in total. The summed E-state index contributed by atoms with van der Waals surface area (Å²) < 4.78 is 0. The molecule has 0 fully saturated rings. The van der Waals surface area contributed by atoms with Crippen molar-refractivity contribution in [1.29, 1.82) is 0 Å². The van der Waals surface area contributed by atoms with Crippen LogP contribution in [0.1, 0.15) is 18.1 Å². The summed E-state index contributed by atoms with van der Waals surface area (Å²) in [6.45, 7) is 5.19. The number of rotatable bonds is 6. The Kier molecular flexibility index (Phi) is 5.27. The van der Waals surface area contributed by atoms with Gasteiger partial charge in [-0.3, -0.25) is 0 Å². The largest absolute Gasteiger partial charge is 0.318 e. The van der Waals surface area contributed by atoms with Crippen molar-refractivity contribution in [3.63, 3.8) is 0 Å². The van der Waals surface area contributed by atoms with Gasteiger partial charge in [-0.05, 0) is 24.6 Å². The summed E-state index contributed by atoms with van der Waals surface area (Å²) in [7, 11) is 1.97. The standard InChI is InChI=1S/C12H20N2/c1-3-11-4-6-12(7-5-11)10-14-9-8-13-2/h4-7,13-14H,3,8-10H2,1-2H3. The molecule has 78 valence electrons. The predicted octanol–water partition coefficient (Wildman–Crippen LogP) is 1.56. The molecule has 0 saturated carbocycles. The lowest BCUT2D eigenvalue weighted by molar-refractivity contribution is 0.650. The van der Waals surface area contributed by atoms with E-state index in [1.165, 1.54) is 11.1 Å². The van der Waals surface area contributed by atoms with Crippen molar-refractivity contribution in [1.82, 2.24) is 10.6 Å². The van der Waals surface area contributed by atoms with Crippen LogP contribution in [0.5, 0.6) is 0 Å². The summed E-state index contributed by atoms with van der Waals surface area (Å²) in [5.41, 5.74) is 2.77. The molecule has 0 saturated heterocycles. The highest BCUT2D eigenvalue weighted by Gasteiger charge is 1.92. The van der Waals surface area contributed by atoms with E-state index in [9.17, 15) is 0 Å². The molecule has 1 rings (SSSR count). The monoisotopic (exact) mass is 192 g/mol. The number of likely N-dealkylation sites (N-methyl/N-ethyl adjacent to an activating group) is 1. The van der Waals surface area contributed by atoms with Crippen LogP contribution in [-0.2, 0) is 13.0 Å². The molecule has 0 amide bonds. The van der Waals surface area contributed by atoms with E-state index in [1.54, 1.807) is 0 Å². The first-order chi connectivity index (χ1) is 6.86. The lowest BCUT2D eigenvalue weighted by Gasteiger charge is -2.05. The molecule has 14 heavy (non-hydrogen) atoms. The zero-order valence-electron chi connectivity index (χ0n) is 9.14. The van der Waals surface area contributed by atoms with Crippen molar-refractivity contribution in [3.05, 3.63) is 35.4 Å². The summed E-state index contributed by atoms with van der Waals surface area (Å²) >= 11 is 0. The zero-order chi connectivity index (χ0) is 10.2. The first kappa shape index (κ1) is 11.2. The van der Waals surface area contributed by atoms with Gasteiger partial charge in [-0.25, -0.2) is 0 Å². The Morgan fingerprint density at radius 2 is 1.64 bits per heavy atom. The summed E-state index contributed by atoms with van der Waals surface area (Å²) in [4.78, 5) is 0. The summed E-state index contributed by atoms with van der Waals surface area (Å²) in [6.07, 6.45) is 1.12. The second-order valence-electron chi connectivity index (χ2n) is 3.45. The van der Waals surface area contributed by atoms with E-state index < -0.39 is 0 Å². The van der Waals surface area contributed by atoms with Crippen molar-refractivity contribution >= 4 is 0 Å². The second-order valence-corrected chi connectivity index (χ2v) is 3.45. The van der Waals surface area contributed by atoms with Gasteiger partial charge in [0.05, 0.1) is 0 Å². The van der Waals surface area contributed by atoms with E-state index in [0.717, 1.165) is 26.1 Å². The SMILES string of the molecule is CCc1ccc(CNCCNC)cc1. The van der Waals surface area contributed by atoms with Crippen LogP contribution in [0.3, 0.4) is 0 Å². The molecule has 2 N–H and O–H groups in total. The van der Waals surface area contributed by atoms with Crippen molar-refractivity contribution in [2.24, 2.45) is 0 Å². The minimum Gasteiger partial charge on any atom is -0.318 e. The molecule has 0 aromatic heterocycles. The topological polar surface area (TPSA) is 24.1 Å². The number of aryl methyl sites for hydroxylation is 1. The molecule has 0 aliphatic carbocycles. The Morgan fingerprint density at radius 3 is 2.21 bits per heavy atom. The van der Waals surface area contributed by atoms with Crippen molar-refractivity contribution in [2.45, 2.75) is 19.9 Å². The van der Waals surface area contributed by atoms with Crippen LogP contribution in [0.15, 0.2) is 24.3 Å². The van der Waals surface area contributed by atoms with Gasteiger partial charge in [-0.2, -0.15) is 0 Å². The van der Waals surface area contributed by atoms with Gasteiger partial charge >= 0.3 is 0 Å². The van der Waals surface area contributed by atoms with E-state index in [-0.39, 0.29) is 0 Å². The van der Waals surface area contributed by atoms with Gasteiger partial charge in [0.1, 0.15) is 0 Å². The summed E-state index contributed by atoms with van der Waals surface area (Å²) in [5.74, 6) is 0. The fourth-order valence-corrected chi connectivity index (χ4v) is 1.34. The molecule has 0 atom stereocenters. The Labute approximate surface area is 86.7 Å². The van der Waals surface area contributed by atoms with Crippen LogP contribution < -0.4 is 10.6 Å². The summed E-state index contributed by atoms with van der Waals surface area (Å²) in [6, 6.07) is 8.81. The highest BCUT2D eigenvalue weighted by Crippen LogP contribution is 2.04. The number of hydrogen-bond donors (Lipinski definition) is 2. The van der Waals surface area contributed by atoms with E-state index in [2.05, 4.69) is 41.8 Å². The first-order valence-corrected chi connectivity index (χ1v) is 5.30. The van der Waals surface area contributed by atoms with Gasteiger partial charge in [0, 0.05) is 19.6 Å². The smallest absolute Gasteiger partial charge is 0.0206 e. The average Bonchev–Trinajstić information content (AvgIpc) is 2.25. The normalized spacial score (nSPS) is 10.4. The second kappa shape index (κ2) is 6.57. The molecule has 0 unspecified atom stereocenters. The number of benzene rings is 1. The van der Waals surface area contributed by atoms with Crippen LogP contribution in [0.2, 0.25) is 0 Å². The minimum absolute atomic E-state index is 0.964. The van der Waals surface area contributed by atoms with Crippen LogP contribution in [-0.4, -0.2) is 20.1 Å². The fourth-order valence-electron chi connectivity index (χ4n) is 1.34. The van der Waals surface area contributed by atoms with E-state index >= 15 is 0 Å². The molecule has 0 spiro atoms. The van der Waals surface area contributed by atoms with Crippen molar-refractivity contribution < 1.29 is 0 Å². The van der Waals surface area contributed by atoms with E-state index in [0.29, 0.717) is 0 Å². The molecule has 2 heteroatoms. The van der Waals surface area contributed by atoms with E-state index in [4.69, 9.17) is 0 Å². The van der Waals surface area contributed by atoms with Gasteiger partial charge in [-0.1, -0.05) is 31.2 Å². The quantitative estimate of drug-likeness (QED) is 0.668. The van der Waals surface area contributed by atoms with Crippen LogP contribution in [0, 0.1) is 0 Å². The number of nitrogens with one attached hydrogen (secondary N) is 2. The molecular formula is C12H20N2. The molecule has 0 heterocycles. The van der Waals surface area contributed by atoms with Gasteiger partial charge in [-0.15, -0.1) is 0 Å². The number of hydrogen-bond acceptors (Lipinski definition) is 2. The Balaban J connectivity index is 2.29. The highest BCUT2D eigenvalue weighted by atomic mass is 14.9. The van der Waals surface area contributed by atoms with Gasteiger partial charge in [0.25, 0.3) is 0 Å². The molecule has 0 radical (unpaired) electrons. The first-order valence-electron chi connectivity index (χ1n) is 5.30. The van der Waals surface area contributed by atoms with Gasteiger partial charge in [0.2, 0.25) is 0 Å². The van der Waals surface area contributed by atoms with Gasteiger partial charge in [0.15, 0.2) is 0 Å². The predicted molar refractivity (Wildman–Crippen MR) is 61.5 cm³/mol. The molecule has 0 bridgehead atoms. The molecule has 1 aromatic rings. The van der Waals surface area contributed by atoms with E-state index in [1.807, 2.05) is 7.05 Å². The highest BCUT2D eigenvalue weighted by molar-refractivity contribution is 5.22.